The van der Waals surface area contributed by atoms with Gasteiger partial charge < -0.3 is 14.5 Å². The highest BCUT2D eigenvalue weighted by molar-refractivity contribution is 7.25. The van der Waals surface area contributed by atoms with Crippen LogP contribution >= 0.6 is 22.9 Å². The van der Waals surface area contributed by atoms with E-state index in [1.54, 1.807) is 21.3 Å². The summed E-state index contributed by atoms with van der Waals surface area (Å²) in [7, 11) is 0. The number of nitrogens with zero attached hydrogens (tertiary/aromatic N) is 6. The Kier molecular flexibility index (Phi) is 7.79. The number of thiophene rings is 1. The molecule has 4 heterocycles. The van der Waals surface area contributed by atoms with Gasteiger partial charge in [-0.25, -0.2) is 19.1 Å². The lowest BCUT2D eigenvalue weighted by Crippen LogP contribution is -2.40. The standard InChI is InChI=1S/C30H31ClN6O3S/c1-3-14-34(15-4-2)29-32-25-24(28(39)37(29)22-12-10-20(31)11-13-22)23-26(41-25)33-30(35-16-18-40-19-17-35)36(27(23)38)21-8-6-5-7-9-21/h5-13H,3-4,14-19H2,1-2H3. The van der Waals surface area contributed by atoms with Crippen LogP contribution in [0.4, 0.5) is 11.9 Å². The number of aromatic nitrogens is 4. The van der Waals surface area contributed by atoms with E-state index in [4.69, 9.17) is 26.3 Å². The van der Waals surface area contributed by atoms with Crippen molar-refractivity contribution in [3.8, 4) is 11.4 Å². The summed E-state index contributed by atoms with van der Waals surface area (Å²) < 4.78 is 8.79. The third-order valence-corrected chi connectivity index (χ3v) is 8.40. The van der Waals surface area contributed by atoms with Gasteiger partial charge in [-0.1, -0.05) is 55.0 Å². The second-order valence-electron chi connectivity index (χ2n) is 9.97. The topological polar surface area (TPSA) is 85.5 Å². The summed E-state index contributed by atoms with van der Waals surface area (Å²) in [6.07, 6.45) is 1.79. The van der Waals surface area contributed by atoms with Gasteiger partial charge in [0.15, 0.2) is 0 Å². The van der Waals surface area contributed by atoms with Crippen molar-refractivity contribution in [1.82, 2.24) is 19.1 Å². The van der Waals surface area contributed by atoms with Crippen LogP contribution in [0, 0.1) is 0 Å². The summed E-state index contributed by atoms with van der Waals surface area (Å²) in [5.41, 5.74) is 0.740. The Morgan fingerprint density at radius 1 is 0.829 bits per heavy atom. The molecule has 0 atom stereocenters. The lowest BCUT2D eigenvalue weighted by atomic mass is 10.2. The van der Waals surface area contributed by atoms with Crippen LogP contribution in [0.3, 0.4) is 0 Å². The number of fused-ring (bicyclic) bond motifs is 3. The highest BCUT2D eigenvalue weighted by Crippen LogP contribution is 2.32. The molecule has 5 aromatic rings. The summed E-state index contributed by atoms with van der Waals surface area (Å²) >= 11 is 7.49. The van der Waals surface area contributed by atoms with E-state index >= 15 is 0 Å². The Bertz CT molecular complexity index is 1800. The minimum atomic E-state index is -0.298. The molecule has 11 heteroatoms. The number of para-hydroxylation sites is 1. The van der Waals surface area contributed by atoms with Gasteiger partial charge in [0.25, 0.3) is 11.1 Å². The highest BCUT2D eigenvalue weighted by Gasteiger charge is 2.27. The number of anilines is 2. The maximum Gasteiger partial charge on any atom is 0.269 e. The number of hydrogen-bond donors (Lipinski definition) is 0. The molecule has 1 saturated heterocycles. The second kappa shape index (κ2) is 11.6. The normalized spacial score (nSPS) is 13.8. The van der Waals surface area contributed by atoms with E-state index in [-0.39, 0.29) is 21.9 Å². The van der Waals surface area contributed by atoms with Crippen molar-refractivity contribution in [2.45, 2.75) is 26.7 Å². The first kappa shape index (κ1) is 27.4. The lowest BCUT2D eigenvalue weighted by molar-refractivity contribution is 0.122. The van der Waals surface area contributed by atoms with Gasteiger partial charge >= 0.3 is 0 Å². The fourth-order valence-corrected chi connectivity index (χ4v) is 6.47. The monoisotopic (exact) mass is 590 g/mol. The molecule has 1 aliphatic rings. The van der Waals surface area contributed by atoms with E-state index in [0.29, 0.717) is 64.3 Å². The molecule has 212 valence electrons. The summed E-state index contributed by atoms with van der Waals surface area (Å²) in [4.78, 5) is 44.1. The van der Waals surface area contributed by atoms with Gasteiger partial charge in [-0.15, -0.1) is 0 Å². The molecule has 0 bridgehead atoms. The van der Waals surface area contributed by atoms with Crippen molar-refractivity contribution in [2.75, 3.05) is 49.2 Å². The Morgan fingerprint density at radius 2 is 1.41 bits per heavy atom. The van der Waals surface area contributed by atoms with Crippen LogP contribution in [0.1, 0.15) is 26.7 Å². The average Bonchev–Trinajstić information content (AvgIpc) is 3.37. The number of benzene rings is 2. The lowest BCUT2D eigenvalue weighted by Gasteiger charge is -2.29. The molecule has 0 aliphatic carbocycles. The molecule has 2 aromatic carbocycles. The Morgan fingerprint density at radius 3 is 2.05 bits per heavy atom. The fourth-order valence-electron chi connectivity index (χ4n) is 5.32. The van der Waals surface area contributed by atoms with E-state index < -0.39 is 0 Å². The van der Waals surface area contributed by atoms with Crippen LogP contribution in [0.5, 0.6) is 0 Å². The zero-order chi connectivity index (χ0) is 28.5. The van der Waals surface area contributed by atoms with Crippen LogP contribution < -0.4 is 20.9 Å². The zero-order valence-corrected chi connectivity index (χ0v) is 24.6. The van der Waals surface area contributed by atoms with Gasteiger partial charge in [0.1, 0.15) is 9.66 Å². The molecule has 0 amide bonds. The third-order valence-electron chi connectivity index (χ3n) is 7.17. The van der Waals surface area contributed by atoms with Crippen molar-refractivity contribution >= 4 is 55.3 Å². The number of hydrogen-bond acceptors (Lipinski definition) is 8. The zero-order valence-electron chi connectivity index (χ0n) is 23.0. The number of halogens is 1. The van der Waals surface area contributed by atoms with E-state index in [1.165, 1.54) is 11.3 Å². The number of rotatable bonds is 8. The van der Waals surface area contributed by atoms with Crippen molar-refractivity contribution in [1.29, 1.82) is 0 Å². The van der Waals surface area contributed by atoms with Crippen molar-refractivity contribution in [2.24, 2.45) is 0 Å². The number of morpholine rings is 1. The molecule has 9 nitrogen and oxygen atoms in total. The summed E-state index contributed by atoms with van der Waals surface area (Å²) in [6, 6.07) is 16.6. The van der Waals surface area contributed by atoms with Crippen LogP contribution in [-0.4, -0.2) is 58.5 Å². The molecule has 0 radical (unpaired) electrons. The summed E-state index contributed by atoms with van der Waals surface area (Å²) in [5.74, 6) is 1.09. The minimum Gasteiger partial charge on any atom is -0.378 e. The molecule has 0 saturated carbocycles. The molecule has 41 heavy (non-hydrogen) atoms. The van der Waals surface area contributed by atoms with Gasteiger partial charge in [0.2, 0.25) is 11.9 Å². The third kappa shape index (κ3) is 5.00. The van der Waals surface area contributed by atoms with Gasteiger partial charge in [-0.05, 0) is 49.2 Å². The van der Waals surface area contributed by atoms with Gasteiger partial charge in [0, 0.05) is 31.2 Å². The molecule has 0 unspecified atom stereocenters. The van der Waals surface area contributed by atoms with E-state index in [9.17, 15) is 9.59 Å². The maximum atomic E-state index is 14.5. The van der Waals surface area contributed by atoms with E-state index in [2.05, 4.69) is 23.6 Å². The van der Waals surface area contributed by atoms with Crippen molar-refractivity contribution in [3.63, 3.8) is 0 Å². The fraction of sp³-hybridized carbons (Fsp3) is 0.333. The molecule has 6 rings (SSSR count). The Balaban J connectivity index is 1.70. The van der Waals surface area contributed by atoms with Gasteiger partial charge in [-0.3, -0.25) is 9.59 Å². The molecule has 1 aliphatic heterocycles. The second-order valence-corrected chi connectivity index (χ2v) is 11.4. The molecule has 0 spiro atoms. The first-order valence-corrected chi connectivity index (χ1v) is 15.1. The summed E-state index contributed by atoms with van der Waals surface area (Å²) in [6.45, 7) is 8.03. The van der Waals surface area contributed by atoms with Crippen molar-refractivity contribution in [3.05, 3.63) is 80.3 Å². The summed E-state index contributed by atoms with van der Waals surface area (Å²) in [5, 5.41) is 1.14. The smallest absolute Gasteiger partial charge is 0.269 e. The Hall–Kier alpha value is -3.73. The van der Waals surface area contributed by atoms with Gasteiger partial charge in [0.05, 0.1) is 35.4 Å². The average molecular weight is 591 g/mol. The maximum absolute atomic E-state index is 14.5. The minimum absolute atomic E-state index is 0.285. The van der Waals surface area contributed by atoms with Gasteiger partial charge in [-0.2, -0.15) is 0 Å². The molecule has 0 N–H and O–H groups in total. The van der Waals surface area contributed by atoms with Crippen LogP contribution in [0.15, 0.2) is 64.2 Å². The molecule has 1 fully saturated rings. The molecule has 3 aromatic heterocycles. The first-order valence-electron chi connectivity index (χ1n) is 13.9. The predicted molar refractivity (Wildman–Crippen MR) is 167 cm³/mol. The largest absolute Gasteiger partial charge is 0.378 e. The van der Waals surface area contributed by atoms with E-state index in [0.717, 1.165) is 25.9 Å². The molecular formula is C30H31ClN6O3S. The van der Waals surface area contributed by atoms with E-state index in [1.807, 2.05) is 42.5 Å². The van der Waals surface area contributed by atoms with Crippen LogP contribution in [0.25, 0.3) is 31.8 Å². The first-order chi connectivity index (χ1) is 20.0. The SMILES string of the molecule is CCCN(CCC)c1nc2sc3nc(N4CCOCC4)n(-c4ccccc4)c(=O)c3c2c(=O)n1-c1ccc(Cl)cc1. The van der Waals surface area contributed by atoms with Crippen LogP contribution in [-0.2, 0) is 4.74 Å². The van der Waals surface area contributed by atoms with Crippen LogP contribution in [0.2, 0.25) is 5.02 Å². The number of ether oxygens (including phenoxy) is 1. The molecular weight excluding hydrogens is 560 g/mol. The highest BCUT2D eigenvalue weighted by atomic mass is 35.5. The predicted octanol–water partition coefficient (Wildman–Crippen LogP) is 5.26. The Labute approximate surface area is 246 Å². The quantitative estimate of drug-likeness (QED) is 0.244. The van der Waals surface area contributed by atoms with Crippen molar-refractivity contribution < 1.29 is 4.74 Å².